The van der Waals surface area contributed by atoms with E-state index in [1.165, 1.54) is 0 Å². The topological polar surface area (TPSA) is 78.9 Å². The summed E-state index contributed by atoms with van der Waals surface area (Å²) in [4.78, 5) is 11.8. The number of rotatable bonds is 6. The fourth-order valence-electron chi connectivity index (χ4n) is 3.92. The molecule has 35 heavy (non-hydrogen) atoms. The van der Waals surface area contributed by atoms with E-state index in [2.05, 4.69) is 11.4 Å². The number of hydrogen-bond acceptors (Lipinski definition) is 4. The highest BCUT2D eigenvalue weighted by Gasteiger charge is 2.36. The maximum absolute atomic E-state index is 11.8. The van der Waals surface area contributed by atoms with Gasteiger partial charge in [-0.3, -0.25) is 0 Å². The van der Waals surface area contributed by atoms with Crippen molar-refractivity contribution in [3.8, 4) is 6.07 Å². The smallest absolute Gasteiger partial charge is 0.144 e. The number of nitrogens with one attached hydrogen (secondary N) is 1. The molecule has 4 nitrogen and oxygen atoms in total. The Hall–Kier alpha value is -2.65. The number of halogens is 3. The van der Waals surface area contributed by atoms with Crippen LogP contribution in [0.25, 0.3) is 5.57 Å². The molecule has 3 aromatic rings. The van der Waals surface area contributed by atoms with E-state index in [0.29, 0.717) is 33.7 Å². The molecule has 1 aliphatic carbocycles. The van der Waals surface area contributed by atoms with Gasteiger partial charge in [-0.15, -0.1) is 0 Å². The molecule has 0 amide bonds. The van der Waals surface area contributed by atoms with E-state index in [1.807, 2.05) is 48.5 Å². The standard InChI is InChI=1S/C22H22ClN3O.C6H4Cl2/c23-21-9-6-18(7-10-21)19-5-8-20(22(25,11-19)15-27)14-26-13-17-3-1-16(12-24)2-4-17;7-5-2-1-3-6(8)4-5/h1-4,6-7,9-11,15,20,26H,5,8,13-14,25H2;1-4H. The van der Waals surface area contributed by atoms with Crippen molar-refractivity contribution in [2.24, 2.45) is 11.7 Å². The minimum absolute atomic E-state index is 0.0319. The van der Waals surface area contributed by atoms with Crippen LogP contribution in [-0.4, -0.2) is 18.4 Å². The maximum atomic E-state index is 11.8. The van der Waals surface area contributed by atoms with Gasteiger partial charge in [-0.1, -0.05) is 71.2 Å². The first-order chi connectivity index (χ1) is 16.8. The Morgan fingerprint density at radius 2 is 1.66 bits per heavy atom. The number of benzene rings is 3. The van der Waals surface area contributed by atoms with Gasteiger partial charge in [0.2, 0.25) is 0 Å². The zero-order valence-corrected chi connectivity index (χ0v) is 21.3. The zero-order chi connectivity index (χ0) is 25.3. The molecule has 0 aliphatic heterocycles. The lowest BCUT2D eigenvalue weighted by Crippen LogP contribution is -2.52. The normalized spacial score (nSPS) is 19.1. The van der Waals surface area contributed by atoms with Crippen molar-refractivity contribution in [1.82, 2.24) is 5.32 Å². The van der Waals surface area contributed by atoms with Gasteiger partial charge >= 0.3 is 0 Å². The number of hydrogen-bond donors (Lipinski definition) is 2. The molecule has 2 atom stereocenters. The van der Waals surface area contributed by atoms with Crippen LogP contribution < -0.4 is 11.1 Å². The number of carbonyl (C=O) groups is 1. The van der Waals surface area contributed by atoms with Crippen molar-refractivity contribution in [3.63, 3.8) is 0 Å². The molecule has 0 heterocycles. The van der Waals surface area contributed by atoms with Gasteiger partial charge in [0.05, 0.1) is 17.2 Å². The van der Waals surface area contributed by atoms with E-state index >= 15 is 0 Å². The second kappa shape index (κ2) is 12.9. The SMILES string of the molecule is Clc1cccc(Cl)c1.N#Cc1ccc(CNCC2CCC(c3ccc(Cl)cc3)=CC2(N)C=O)cc1. The minimum Gasteiger partial charge on any atom is -0.316 e. The largest absolute Gasteiger partial charge is 0.316 e. The molecule has 3 aromatic carbocycles. The molecule has 7 heteroatoms. The summed E-state index contributed by atoms with van der Waals surface area (Å²) in [6.45, 7) is 1.32. The molecule has 0 saturated heterocycles. The lowest BCUT2D eigenvalue weighted by molar-refractivity contribution is -0.112. The van der Waals surface area contributed by atoms with Crippen molar-refractivity contribution >= 4 is 46.7 Å². The molecule has 0 saturated carbocycles. The van der Waals surface area contributed by atoms with Crippen LogP contribution in [0, 0.1) is 17.2 Å². The molecule has 4 rings (SSSR count). The van der Waals surface area contributed by atoms with Crippen LogP contribution in [0.3, 0.4) is 0 Å². The molecule has 0 bridgehead atoms. The number of nitriles is 1. The van der Waals surface area contributed by atoms with Gasteiger partial charge in [-0.05, 0) is 72.0 Å². The summed E-state index contributed by atoms with van der Waals surface area (Å²) in [6.07, 6.45) is 4.47. The molecule has 0 fully saturated rings. The van der Waals surface area contributed by atoms with Gasteiger partial charge in [-0.25, -0.2) is 0 Å². The first-order valence-electron chi connectivity index (χ1n) is 11.2. The lowest BCUT2D eigenvalue weighted by atomic mass is 9.74. The summed E-state index contributed by atoms with van der Waals surface area (Å²) in [7, 11) is 0. The van der Waals surface area contributed by atoms with Gasteiger partial charge < -0.3 is 15.8 Å². The third-order valence-corrected chi connectivity index (χ3v) is 6.62. The zero-order valence-electron chi connectivity index (χ0n) is 19.1. The molecular formula is C28H26Cl3N3O. The highest BCUT2D eigenvalue weighted by Crippen LogP contribution is 2.34. The fraction of sp³-hybridized carbons (Fsp3) is 0.214. The Morgan fingerprint density at radius 1 is 1.00 bits per heavy atom. The highest BCUT2D eigenvalue weighted by atomic mass is 35.5. The summed E-state index contributed by atoms with van der Waals surface area (Å²) >= 11 is 17.1. The summed E-state index contributed by atoms with van der Waals surface area (Å²) in [6, 6.07) is 24.3. The Labute approximate surface area is 221 Å². The quantitative estimate of drug-likeness (QED) is 0.351. The lowest BCUT2D eigenvalue weighted by Gasteiger charge is -2.35. The van der Waals surface area contributed by atoms with Gasteiger partial charge in [0, 0.05) is 34.1 Å². The Kier molecular flexibility index (Phi) is 9.92. The second-order valence-corrected chi connectivity index (χ2v) is 9.72. The molecule has 0 radical (unpaired) electrons. The van der Waals surface area contributed by atoms with E-state index in [4.69, 9.17) is 45.8 Å². The molecule has 0 aromatic heterocycles. The van der Waals surface area contributed by atoms with Gasteiger partial charge in [0.15, 0.2) is 0 Å². The van der Waals surface area contributed by atoms with E-state index in [0.717, 1.165) is 35.8 Å². The summed E-state index contributed by atoms with van der Waals surface area (Å²) < 4.78 is 0. The average molecular weight is 527 g/mol. The molecule has 180 valence electrons. The molecule has 2 unspecified atom stereocenters. The van der Waals surface area contributed by atoms with Gasteiger partial charge in [0.25, 0.3) is 0 Å². The van der Waals surface area contributed by atoms with Crippen molar-refractivity contribution in [3.05, 3.63) is 111 Å². The van der Waals surface area contributed by atoms with Crippen molar-refractivity contribution < 1.29 is 4.79 Å². The van der Waals surface area contributed by atoms with Crippen LogP contribution in [0.2, 0.25) is 15.1 Å². The van der Waals surface area contributed by atoms with Crippen molar-refractivity contribution in [2.75, 3.05) is 6.54 Å². The summed E-state index contributed by atoms with van der Waals surface area (Å²) in [5, 5.41) is 14.3. The first-order valence-corrected chi connectivity index (χ1v) is 12.3. The predicted molar refractivity (Wildman–Crippen MR) is 144 cm³/mol. The Morgan fingerprint density at radius 3 is 2.20 bits per heavy atom. The van der Waals surface area contributed by atoms with Crippen LogP contribution in [0.4, 0.5) is 0 Å². The molecule has 0 spiro atoms. The number of carbonyl (C=O) groups excluding carboxylic acids is 1. The van der Waals surface area contributed by atoms with Crippen molar-refractivity contribution in [1.29, 1.82) is 5.26 Å². The minimum atomic E-state index is -0.981. The molecule has 3 N–H and O–H groups in total. The van der Waals surface area contributed by atoms with E-state index in [1.54, 1.807) is 30.3 Å². The predicted octanol–water partition coefficient (Wildman–Crippen LogP) is 6.68. The van der Waals surface area contributed by atoms with E-state index in [9.17, 15) is 4.79 Å². The van der Waals surface area contributed by atoms with Crippen LogP contribution in [-0.2, 0) is 11.3 Å². The van der Waals surface area contributed by atoms with Crippen LogP contribution in [0.1, 0.15) is 29.5 Å². The Bertz CT molecular complexity index is 1190. The van der Waals surface area contributed by atoms with E-state index < -0.39 is 5.54 Å². The molecular weight excluding hydrogens is 501 g/mol. The number of allylic oxidation sites excluding steroid dienone is 1. The molecule has 1 aliphatic rings. The van der Waals surface area contributed by atoms with Crippen LogP contribution >= 0.6 is 34.8 Å². The van der Waals surface area contributed by atoms with Crippen LogP contribution in [0.5, 0.6) is 0 Å². The fourth-order valence-corrected chi connectivity index (χ4v) is 4.48. The summed E-state index contributed by atoms with van der Waals surface area (Å²) in [5.74, 6) is 0.0319. The monoisotopic (exact) mass is 525 g/mol. The average Bonchev–Trinajstić information content (AvgIpc) is 2.86. The first kappa shape index (κ1) is 26.9. The highest BCUT2D eigenvalue weighted by molar-refractivity contribution is 6.34. The number of nitrogens with zero attached hydrogens (tertiary/aromatic N) is 1. The number of aldehydes is 1. The third-order valence-electron chi connectivity index (χ3n) is 5.90. The van der Waals surface area contributed by atoms with Crippen molar-refractivity contribution in [2.45, 2.75) is 24.9 Å². The van der Waals surface area contributed by atoms with Gasteiger partial charge in [0.1, 0.15) is 6.29 Å². The van der Waals surface area contributed by atoms with Crippen LogP contribution in [0.15, 0.2) is 78.9 Å². The third kappa shape index (κ3) is 7.93. The number of nitrogens with two attached hydrogens (primary N) is 1. The Balaban J connectivity index is 0.000000363. The van der Waals surface area contributed by atoms with E-state index in [-0.39, 0.29) is 5.92 Å². The second-order valence-electron chi connectivity index (χ2n) is 8.41. The summed E-state index contributed by atoms with van der Waals surface area (Å²) in [5.41, 5.74) is 9.33. The van der Waals surface area contributed by atoms with Gasteiger partial charge in [-0.2, -0.15) is 5.26 Å². The maximum Gasteiger partial charge on any atom is 0.144 e.